The molecule has 34 heavy (non-hydrogen) atoms. The molecular weight excluding hydrogens is 441 g/mol. The average molecular weight is 477 g/mol. The molecular formula is C27H35F3N2O2. The van der Waals surface area contributed by atoms with Crippen LogP contribution in [0.15, 0.2) is 48.5 Å². The molecule has 1 aliphatic rings. The number of rotatable bonds is 9. The molecule has 0 bridgehead atoms. The van der Waals surface area contributed by atoms with Gasteiger partial charge >= 0.3 is 6.18 Å². The molecule has 0 aliphatic carbocycles. The molecule has 0 unspecified atom stereocenters. The van der Waals surface area contributed by atoms with Crippen LogP contribution < -0.4 is 0 Å². The Balaban J connectivity index is 1.84. The van der Waals surface area contributed by atoms with Crippen LogP contribution in [0.25, 0.3) is 0 Å². The van der Waals surface area contributed by atoms with Crippen molar-refractivity contribution in [2.75, 3.05) is 39.9 Å². The molecule has 1 saturated heterocycles. The van der Waals surface area contributed by atoms with Crippen LogP contribution >= 0.6 is 0 Å². The molecule has 0 radical (unpaired) electrons. The van der Waals surface area contributed by atoms with E-state index in [4.69, 9.17) is 4.74 Å². The minimum Gasteiger partial charge on any atom is -0.383 e. The molecule has 0 spiro atoms. The second-order valence-electron chi connectivity index (χ2n) is 9.55. The highest BCUT2D eigenvalue weighted by Gasteiger charge is 2.37. The number of halogens is 3. The molecule has 186 valence electrons. The fourth-order valence-corrected chi connectivity index (χ4v) is 4.88. The highest BCUT2D eigenvalue weighted by Crippen LogP contribution is 2.36. The summed E-state index contributed by atoms with van der Waals surface area (Å²) in [7, 11) is 1.63. The molecule has 7 heteroatoms. The molecule has 0 saturated carbocycles. The maximum atomic E-state index is 13.2. The molecule has 4 nitrogen and oxygen atoms in total. The Morgan fingerprint density at radius 1 is 1.15 bits per heavy atom. The number of alkyl halides is 3. The lowest BCUT2D eigenvalue weighted by atomic mass is 9.86. The van der Waals surface area contributed by atoms with Crippen LogP contribution in [0.5, 0.6) is 0 Å². The number of amides is 1. The fraction of sp³-hybridized carbons (Fsp3) is 0.519. The van der Waals surface area contributed by atoms with Crippen LogP contribution in [0.1, 0.15) is 42.0 Å². The van der Waals surface area contributed by atoms with Gasteiger partial charge in [0.05, 0.1) is 12.2 Å². The fourth-order valence-electron chi connectivity index (χ4n) is 4.88. The predicted molar refractivity (Wildman–Crippen MR) is 127 cm³/mol. The molecule has 1 amide bonds. The van der Waals surface area contributed by atoms with Gasteiger partial charge in [0.15, 0.2) is 0 Å². The van der Waals surface area contributed by atoms with Crippen molar-refractivity contribution < 1.29 is 22.7 Å². The average Bonchev–Trinajstić information content (AvgIpc) is 3.17. The largest absolute Gasteiger partial charge is 0.416 e. The second kappa shape index (κ2) is 11.4. The summed E-state index contributed by atoms with van der Waals surface area (Å²) >= 11 is 0. The number of carbonyl (C=O) groups is 1. The number of carbonyl (C=O) groups excluding carboxylic acids is 1. The number of nitrogens with zero attached hydrogens (tertiary/aromatic N) is 2. The second-order valence-corrected chi connectivity index (χ2v) is 9.55. The summed E-state index contributed by atoms with van der Waals surface area (Å²) in [6, 6.07) is 13.8. The standard InChI is InChI=1S/C27H35F3N2O2/c1-19(2)26(33)32(12-13-34-4)17-22-16-31(18-25(22)24-11-6-5-8-20(24)3)15-21-9-7-10-23(14-21)27(28,29)30/h5-11,14,19,22,25H,12-13,15-18H2,1-4H3/t22-,25-/m1/s1. The first-order chi connectivity index (χ1) is 16.1. The van der Waals surface area contributed by atoms with Gasteiger partial charge in [0.1, 0.15) is 0 Å². The topological polar surface area (TPSA) is 32.8 Å². The van der Waals surface area contributed by atoms with Crippen LogP contribution in [0.2, 0.25) is 0 Å². The summed E-state index contributed by atoms with van der Waals surface area (Å²) in [5.41, 5.74) is 2.46. The summed E-state index contributed by atoms with van der Waals surface area (Å²) in [4.78, 5) is 17.0. The van der Waals surface area contributed by atoms with Crippen molar-refractivity contribution >= 4 is 5.91 Å². The first kappa shape index (κ1) is 26.2. The molecule has 2 atom stereocenters. The first-order valence-electron chi connectivity index (χ1n) is 11.8. The van der Waals surface area contributed by atoms with Crippen LogP contribution in [-0.2, 0) is 22.3 Å². The third-order valence-electron chi connectivity index (χ3n) is 6.59. The molecule has 2 aromatic carbocycles. The van der Waals surface area contributed by atoms with Crippen molar-refractivity contribution in [3.8, 4) is 0 Å². The number of methoxy groups -OCH3 is 1. The zero-order chi connectivity index (χ0) is 24.9. The Hall–Kier alpha value is -2.38. The van der Waals surface area contributed by atoms with Gasteiger partial charge < -0.3 is 9.64 Å². The van der Waals surface area contributed by atoms with Crippen LogP contribution in [0.3, 0.4) is 0 Å². The Kier molecular flexibility index (Phi) is 8.77. The van der Waals surface area contributed by atoms with E-state index in [-0.39, 0.29) is 23.7 Å². The Morgan fingerprint density at radius 2 is 1.88 bits per heavy atom. The molecule has 0 N–H and O–H groups in total. The van der Waals surface area contributed by atoms with Crippen molar-refractivity contribution in [2.45, 2.75) is 39.4 Å². The Bertz CT molecular complexity index is 961. The van der Waals surface area contributed by atoms with E-state index in [1.54, 1.807) is 13.2 Å². The quantitative estimate of drug-likeness (QED) is 0.489. The highest BCUT2D eigenvalue weighted by molar-refractivity contribution is 5.78. The zero-order valence-corrected chi connectivity index (χ0v) is 20.4. The van der Waals surface area contributed by atoms with Gasteiger partial charge in [0.2, 0.25) is 5.91 Å². The number of hydrogen-bond donors (Lipinski definition) is 0. The number of hydrogen-bond acceptors (Lipinski definition) is 3. The summed E-state index contributed by atoms with van der Waals surface area (Å²) in [5.74, 6) is 0.344. The van der Waals surface area contributed by atoms with Crippen molar-refractivity contribution in [3.63, 3.8) is 0 Å². The maximum absolute atomic E-state index is 13.2. The van der Waals surface area contributed by atoms with E-state index in [9.17, 15) is 18.0 Å². The number of benzene rings is 2. The number of ether oxygens (including phenoxy) is 1. The van der Waals surface area contributed by atoms with Crippen LogP contribution in [0.4, 0.5) is 13.2 Å². The van der Waals surface area contributed by atoms with E-state index in [1.807, 2.05) is 30.9 Å². The molecule has 1 fully saturated rings. The Morgan fingerprint density at radius 3 is 2.53 bits per heavy atom. The first-order valence-corrected chi connectivity index (χ1v) is 11.8. The molecule has 3 rings (SSSR count). The minimum atomic E-state index is -4.35. The molecule has 1 heterocycles. The van der Waals surface area contributed by atoms with Crippen molar-refractivity contribution in [2.24, 2.45) is 11.8 Å². The van der Waals surface area contributed by atoms with E-state index >= 15 is 0 Å². The van der Waals surface area contributed by atoms with Gasteiger partial charge in [-0.1, -0.05) is 56.3 Å². The van der Waals surface area contributed by atoms with Crippen molar-refractivity contribution in [1.29, 1.82) is 0 Å². The van der Waals surface area contributed by atoms with E-state index in [1.165, 1.54) is 23.3 Å². The third kappa shape index (κ3) is 6.60. The minimum absolute atomic E-state index is 0.0944. The van der Waals surface area contributed by atoms with Crippen molar-refractivity contribution in [3.05, 3.63) is 70.8 Å². The highest BCUT2D eigenvalue weighted by atomic mass is 19.4. The molecule has 0 aromatic heterocycles. The summed E-state index contributed by atoms with van der Waals surface area (Å²) in [6.07, 6.45) is -4.35. The SMILES string of the molecule is COCCN(C[C@H]1CN(Cc2cccc(C(F)(F)F)c2)C[C@H]1c1ccccc1C)C(=O)C(C)C. The van der Waals surface area contributed by atoms with Gasteiger partial charge in [0, 0.05) is 51.7 Å². The van der Waals surface area contributed by atoms with Gasteiger partial charge in [0.25, 0.3) is 0 Å². The maximum Gasteiger partial charge on any atom is 0.416 e. The lowest BCUT2D eigenvalue weighted by Crippen LogP contribution is -2.41. The van der Waals surface area contributed by atoms with Gasteiger partial charge in [-0.25, -0.2) is 0 Å². The zero-order valence-electron chi connectivity index (χ0n) is 20.4. The third-order valence-corrected chi connectivity index (χ3v) is 6.59. The monoisotopic (exact) mass is 476 g/mol. The van der Waals surface area contributed by atoms with Gasteiger partial charge in [-0.2, -0.15) is 13.2 Å². The van der Waals surface area contributed by atoms with Gasteiger partial charge in [-0.15, -0.1) is 0 Å². The van der Waals surface area contributed by atoms with Crippen LogP contribution in [-0.4, -0.2) is 55.6 Å². The smallest absolute Gasteiger partial charge is 0.383 e. The van der Waals surface area contributed by atoms with Crippen molar-refractivity contribution in [1.82, 2.24) is 9.80 Å². The summed E-state index contributed by atoms with van der Waals surface area (Å²) in [6.45, 7) is 9.36. The molecule has 2 aromatic rings. The van der Waals surface area contributed by atoms with Gasteiger partial charge in [-0.05, 0) is 35.6 Å². The number of likely N-dealkylation sites (tertiary alicyclic amines) is 1. The van der Waals surface area contributed by atoms with E-state index in [0.717, 1.165) is 12.6 Å². The Labute approximate surface area is 200 Å². The van der Waals surface area contributed by atoms with E-state index in [0.29, 0.717) is 38.3 Å². The number of aryl methyl sites for hydroxylation is 1. The lowest BCUT2D eigenvalue weighted by molar-refractivity contribution is -0.137. The normalized spacial score (nSPS) is 19.1. The predicted octanol–water partition coefficient (Wildman–Crippen LogP) is 5.36. The molecule has 1 aliphatic heterocycles. The van der Waals surface area contributed by atoms with E-state index < -0.39 is 11.7 Å². The van der Waals surface area contributed by atoms with Crippen LogP contribution in [0, 0.1) is 18.8 Å². The summed E-state index contributed by atoms with van der Waals surface area (Å²) < 4.78 is 44.8. The van der Waals surface area contributed by atoms with E-state index in [2.05, 4.69) is 24.0 Å². The van der Waals surface area contributed by atoms with Gasteiger partial charge in [-0.3, -0.25) is 9.69 Å². The lowest BCUT2D eigenvalue weighted by Gasteiger charge is -2.30. The summed E-state index contributed by atoms with van der Waals surface area (Å²) in [5, 5.41) is 0.